The van der Waals surface area contributed by atoms with Crippen molar-refractivity contribution < 1.29 is 19.0 Å². The van der Waals surface area contributed by atoms with Gasteiger partial charge < -0.3 is 19.1 Å². The first-order valence-electron chi connectivity index (χ1n) is 13.0. The van der Waals surface area contributed by atoms with Gasteiger partial charge in [0.05, 0.1) is 0 Å². The Kier molecular flexibility index (Phi) is 7.85. The monoisotopic (exact) mass is 520 g/mol. The van der Waals surface area contributed by atoms with E-state index in [1.807, 2.05) is 55.1 Å². The molecule has 2 atom stereocenters. The van der Waals surface area contributed by atoms with E-state index < -0.39 is 0 Å². The number of likely N-dealkylation sites (tertiary alicyclic amines) is 1. The van der Waals surface area contributed by atoms with Crippen molar-refractivity contribution in [1.29, 1.82) is 0 Å². The second-order valence-electron chi connectivity index (χ2n) is 9.94. The number of carbonyl (C=O) groups is 1. The molecule has 2 aliphatic heterocycles. The highest BCUT2D eigenvalue weighted by molar-refractivity contribution is 6.29. The van der Waals surface area contributed by atoms with Crippen molar-refractivity contribution in [2.24, 2.45) is 5.92 Å². The minimum Gasteiger partial charge on any atom is -0.483 e. The number of piperidine rings is 1. The lowest BCUT2D eigenvalue weighted by molar-refractivity contribution is -0.134. The summed E-state index contributed by atoms with van der Waals surface area (Å²) >= 11 is 5.92. The van der Waals surface area contributed by atoms with Gasteiger partial charge in [-0.1, -0.05) is 35.9 Å². The Morgan fingerprint density at radius 2 is 1.78 bits per heavy atom. The van der Waals surface area contributed by atoms with E-state index in [-0.39, 0.29) is 24.7 Å². The standard InChI is InChI=1S/C30H33ClN2O4/c1-20-21(2)37-28-17-23(9-11-27(28)36-20)8-7-22-13-15-33(16-14-22)30(34)19-35-26-6-4-3-5-25(26)24-10-12-29(31)32-18-24/h3-6,9-12,17-18,20-22H,7-8,13-16,19H2,1-2H3. The molecule has 0 saturated carbocycles. The third-order valence-corrected chi connectivity index (χ3v) is 7.60. The maximum Gasteiger partial charge on any atom is 0.260 e. The Balaban J connectivity index is 1.09. The number of para-hydroxylation sites is 1. The van der Waals surface area contributed by atoms with Crippen LogP contribution in [0.1, 0.15) is 38.7 Å². The van der Waals surface area contributed by atoms with Crippen LogP contribution >= 0.6 is 11.6 Å². The SMILES string of the molecule is CC1Oc2ccc(CCC3CCN(C(=O)COc4ccccc4-c4ccc(Cl)nc4)CC3)cc2OC1C. The normalized spacial score (nSPS) is 19.5. The van der Waals surface area contributed by atoms with Gasteiger partial charge in [-0.2, -0.15) is 0 Å². The highest BCUT2D eigenvalue weighted by atomic mass is 35.5. The minimum absolute atomic E-state index is 0.0247. The minimum atomic E-state index is 0.0247. The molecule has 37 heavy (non-hydrogen) atoms. The van der Waals surface area contributed by atoms with Crippen molar-refractivity contribution >= 4 is 17.5 Å². The summed E-state index contributed by atoms with van der Waals surface area (Å²) in [6, 6.07) is 17.6. The summed E-state index contributed by atoms with van der Waals surface area (Å²) in [5.41, 5.74) is 3.06. The van der Waals surface area contributed by atoms with Crippen LogP contribution < -0.4 is 14.2 Å². The lowest BCUT2D eigenvalue weighted by atomic mass is 9.90. The smallest absolute Gasteiger partial charge is 0.260 e. The number of hydrogen-bond donors (Lipinski definition) is 0. The molecule has 0 radical (unpaired) electrons. The zero-order valence-electron chi connectivity index (χ0n) is 21.4. The third-order valence-electron chi connectivity index (χ3n) is 7.38. The number of aromatic nitrogens is 1. The Morgan fingerprint density at radius 3 is 2.54 bits per heavy atom. The number of pyridine rings is 1. The zero-order valence-corrected chi connectivity index (χ0v) is 22.1. The van der Waals surface area contributed by atoms with Gasteiger partial charge in [0, 0.05) is 30.4 Å². The van der Waals surface area contributed by atoms with Crippen LogP contribution in [0.15, 0.2) is 60.8 Å². The first-order chi connectivity index (χ1) is 18.0. The van der Waals surface area contributed by atoms with Crippen LogP contribution in [0.25, 0.3) is 11.1 Å². The molecule has 5 rings (SSSR count). The maximum absolute atomic E-state index is 12.9. The van der Waals surface area contributed by atoms with Crippen LogP contribution in [-0.4, -0.2) is 47.7 Å². The molecule has 3 aromatic rings. The molecule has 6 nitrogen and oxygen atoms in total. The molecule has 3 heterocycles. The number of amides is 1. The van der Waals surface area contributed by atoms with Crippen molar-refractivity contribution in [3.63, 3.8) is 0 Å². The van der Waals surface area contributed by atoms with Crippen LogP contribution in [0.5, 0.6) is 17.2 Å². The fourth-order valence-electron chi connectivity index (χ4n) is 4.93. The molecule has 0 aliphatic carbocycles. The molecular formula is C30H33ClN2O4. The van der Waals surface area contributed by atoms with Gasteiger partial charge in [0.25, 0.3) is 5.91 Å². The Hall–Kier alpha value is -3.25. The predicted molar refractivity (Wildman–Crippen MR) is 144 cm³/mol. The number of carbonyl (C=O) groups excluding carboxylic acids is 1. The molecule has 7 heteroatoms. The topological polar surface area (TPSA) is 60.9 Å². The first-order valence-corrected chi connectivity index (χ1v) is 13.4. The van der Waals surface area contributed by atoms with E-state index in [0.29, 0.717) is 16.8 Å². The number of ether oxygens (including phenoxy) is 3. The van der Waals surface area contributed by atoms with E-state index in [4.69, 9.17) is 25.8 Å². The van der Waals surface area contributed by atoms with Gasteiger partial charge in [-0.05, 0) is 81.3 Å². The fourth-order valence-corrected chi connectivity index (χ4v) is 5.04. The van der Waals surface area contributed by atoms with E-state index in [1.54, 1.807) is 12.3 Å². The van der Waals surface area contributed by atoms with Gasteiger partial charge >= 0.3 is 0 Å². The number of benzene rings is 2. The van der Waals surface area contributed by atoms with E-state index in [0.717, 1.165) is 61.4 Å². The summed E-state index contributed by atoms with van der Waals surface area (Å²) in [7, 11) is 0. The van der Waals surface area contributed by atoms with Crippen molar-refractivity contribution in [1.82, 2.24) is 9.88 Å². The van der Waals surface area contributed by atoms with Gasteiger partial charge in [-0.25, -0.2) is 4.98 Å². The van der Waals surface area contributed by atoms with Crippen molar-refractivity contribution in [3.8, 4) is 28.4 Å². The van der Waals surface area contributed by atoms with E-state index in [2.05, 4.69) is 17.1 Å². The van der Waals surface area contributed by atoms with Crippen LogP contribution in [0.4, 0.5) is 0 Å². The van der Waals surface area contributed by atoms with Crippen LogP contribution in [0.3, 0.4) is 0 Å². The molecule has 1 amide bonds. The van der Waals surface area contributed by atoms with Gasteiger partial charge in [0.15, 0.2) is 18.1 Å². The second-order valence-corrected chi connectivity index (χ2v) is 10.3. The lowest BCUT2D eigenvalue weighted by Crippen LogP contribution is -2.41. The van der Waals surface area contributed by atoms with Crippen LogP contribution in [0.2, 0.25) is 5.15 Å². The summed E-state index contributed by atoms with van der Waals surface area (Å²) in [5.74, 6) is 2.97. The Morgan fingerprint density at radius 1 is 1.03 bits per heavy atom. The number of rotatable bonds is 7. The number of halogens is 1. The van der Waals surface area contributed by atoms with Gasteiger partial charge in [-0.3, -0.25) is 4.79 Å². The molecular weight excluding hydrogens is 488 g/mol. The molecule has 1 aromatic heterocycles. The molecule has 1 saturated heterocycles. The highest BCUT2D eigenvalue weighted by Gasteiger charge is 2.26. The summed E-state index contributed by atoms with van der Waals surface area (Å²) in [6.45, 7) is 5.63. The zero-order chi connectivity index (χ0) is 25.8. The quantitative estimate of drug-likeness (QED) is 0.347. The van der Waals surface area contributed by atoms with Gasteiger partial charge in [-0.15, -0.1) is 0 Å². The summed E-state index contributed by atoms with van der Waals surface area (Å²) in [6.07, 6.45) is 5.95. The van der Waals surface area contributed by atoms with Crippen LogP contribution in [-0.2, 0) is 11.2 Å². The maximum atomic E-state index is 12.9. The Bertz CT molecular complexity index is 1220. The molecule has 2 unspecified atom stereocenters. The number of hydrogen-bond acceptors (Lipinski definition) is 5. The molecule has 2 aliphatic rings. The van der Waals surface area contributed by atoms with Gasteiger partial charge in [0.1, 0.15) is 23.1 Å². The number of aryl methyl sites for hydroxylation is 1. The van der Waals surface area contributed by atoms with Crippen LogP contribution in [0, 0.1) is 5.92 Å². The summed E-state index contributed by atoms with van der Waals surface area (Å²) in [4.78, 5) is 19.0. The number of fused-ring (bicyclic) bond motifs is 1. The van der Waals surface area contributed by atoms with E-state index in [9.17, 15) is 4.79 Å². The molecule has 0 N–H and O–H groups in total. The third kappa shape index (κ3) is 6.19. The molecule has 2 aromatic carbocycles. The molecule has 194 valence electrons. The summed E-state index contributed by atoms with van der Waals surface area (Å²) < 4.78 is 17.9. The Labute approximate surface area is 223 Å². The van der Waals surface area contributed by atoms with Gasteiger partial charge in [0.2, 0.25) is 0 Å². The molecule has 0 bridgehead atoms. The highest BCUT2D eigenvalue weighted by Crippen LogP contribution is 2.35. The average Bonchev–Trinajstić information content (AvgIpc) is 2.92. The average molecular weight is 521 g/mol. The fraction of sp³-hybridized carbons (Fsp3) is 0.400. The van der Waals surface area contributed by atoms with E-state index >= 15 is 0 Å². The predicted octanol–water partition coefficient (Wildman–Crippen LogP) is 6.20. The van der Waals surface area contributed by atoms with Crippen molar-refractivity contribution in [2.45, 2.75) is 51.7 Å². The molecule has 1 fully saturated rings. The molecule has 0 spiro atoms. The largest absolute Gasteiger partial charge is 0.483 e. The number of nitrogens with zero attached hydrogens (tertiary/aromatic N) is 2. The van der Waals surface area contributed by atoms with E-state index in [1.165, 1.54) is 5.56 Å². The van der Waals surface area contributed by atoms with Crippen molar-refractivity contribution in [2.75, 3.05) is 19.7 Å². The first kappa shape index (κ1) is 25.4. The lowest BCUT2D eigenvalue weighted by Gasteiger charge is -2.32. The van der Waals surface area contributed by atoms with Crippen molar-refractivity contribution in [3.05, 3.63) is 71.5 Å². The second kappa shape index (κ2) is 11.4. The summed E-state index contributed by atoms with van der Waals surface area (Å²) in [5, 5.41) is 0.441.